The monoisotopic (exact) mass is 318 g/mol. The van der Waals surface area contributed by atoms with Gasteiger partial charge in [-0.1, -0.05) is 30.9 Å². The van der Waals surface area contributed by atoms with E-state index in [2.05, 4.69) is 26.3 Å². The quantitative estimate of drug-likeness (QED) is 0.204. The Morgan fingerprint density at radius 1 is 1.39 bits per heavy atom. The van der Waals surface area contributed by atoms with E-state index < -0.39 is 0 Å². The molecular weight excluding hydrogens is 292 g/mol. The molecule has 0 bridgehead atoms. The SMILES string of the molecule is C=CCOCC(=C)CC[C@H]1C(=C)C(=O)O[C@@H]1[C@H]1O[C@]1(C)CC=C. The molecule has 0 amide bonds. The fourth-order valence-corrected chi connectivity index (χ4v) is 3.08. The Bertz CT molecular complexity index is 521. The molecule has 0 spiro atoms. The molecule has 4 atom stereocenters. The van der Waals surface area contributed by atoms with E-state index in [0.717, 1.165) is 24.8 Å². The van der Waals surface area contributed by atoms with Gasteiger partial charge < -0.3 is 14.2 Å². The molecule has 2 fully saturated rings. The highest BCUT2D eigenvalue weighted by Gasteiger charge is 2.61. The van der Waals surface area contributed by atoms with Gasteiger partial charge in [-0.3, -0.25) is 0 Å². The van der Waals surface area contributed by atoms with Crippen molar-refractivity contribution in [2.75, 3.05) is 13.2 Å². The van der Waals surface area contributed by atoms with Crippen LogP contribution in [0, 0.1) is 5.92 Å². The zero-order valence-electron chi connectivity index (χ0n) is 13.9. The Morgan fingerprint density at radius 3 is 2.78 bits per heavy atom. The van der Waals surface area contributed by atoms with Crippen molar-refractivity contribution in [3.63, 3.8) is 0 Å². The average molecular weight is 318 g/mol. The Balaban J connectivity index is 1.91. The topological polar surface area (TPSA) is 48.1 Å². The second-order valence-corrected chi connectivity index (χ2v) is 6.44. The summed E-state index contributed by atoms with van der Waals surface area (Å²) in [5.41, 5.74) is 1.24. The fraction of sp³-hybridized carbons (Fsp3) is 0.526. The Labute approximate surface area is 138 Å². The molecule has 0 saturated carbocycles. The standard InChI is InChI=1S/C19H26O4/c1-6-10-19(5)17(23-19)16-15(14(4)18(20)22-16)9-8-13(3)12-21-11-7-2/h6-7,15-17H,1-4,8-12H2,5H3/t15-,16-,17+,19+/m0/s1. The van der Waals surface area contributed by atoms with Crippen LogP contribution in [0.25, 0.3) is 0 Å². The van der Waals surface area contributed by atoms with E-state index in [1.165, 1.54) is 0 Å². The number of esters is 1. The zero-order chi connectivity index (χ0) is 17.0. The van der Waals surface area contributed by atoms with Crippen molar-refractivity contribution < 1.29 is 19.0 Å². The van der Waals surface area contributed by atoms with Crippen LogP contribution in [0.1, 0.15) is 26.2 Å². The van der Waals surface area contributed by atoms with E-state index in [1.807, 2.05) is 13.0 Å². The van der Waals surface area contributed by atoms with Crippen LogP contribution in [0.2, 0.25) is 0 Å². The van der Waals surface area contributed by atoms with Crippen molar-refractivity contribution in [2.24, 2.45) is 5.92 Å². The molecule has 2 heterocycles. The summed E-state index contributed by atoms with van der Waals surface area (Å²) in [7, 11) is 0. The summed E-state index contributed by atoms with van der Waals surface area (Å²) in [4.78, 5) is 11.9. The number of hydrogen-bond acceptors (Lipinski definition) is 4. The van der Waals surface area contributed by atoms with E-state index in [0.29, 0.717) is 18.8 Å². The molecule has 0 aromatic carbocycles. The number of hydrogen-bond donors (Lipinski definition) is 0. The van der Waals surface area contributed by atoms with Crippen molar-refractivity contribution in [3.8, 4) is 0 Å². The van der Waals surface area contributed by atoms with Crippen LogP contribution in [0.3, 0.4) is 0 Å². The molecule has 2 aliphatic heterocycles. The highest BCUT2D eigenvalue weighted by molar-refractivity contribution is 5.91. The van der Waals surface area contributed by atoms with Crippen molar-refractivity contribution in [1.29, 1.82) is 0 Å². The summed E-state index contributed by atoms with van der Waals surface area (Å²) >= 11 is 0. The molecule has 126 valence electrons. The molecule has 0 aromatic heterocycles. The Morgan fingerprint density at radius 2 is 2.13 bits per heavy atom. The summed E-state index contributed by atoms with van der Waals surface area (Å²) in [6.07, 6.45) is 5.46. The van der Waals surface area contributed by atoms with Gasteiger partial charge in [0, 0.05) is 11.5 Å². The first-order valence-corrected chi connectivity index (χ1v) is 7.96. The van der Waals surface area contributed by atoms with E-state index >= 15 is 0 Å². The molecule has 2 saturated heterocycles. The third kappa shape index (κ3) is 4.01. The van der Waals surface area contributed by atoms with Crippen molar-refractivity contribution in [2.45, 2.75) is 44.0 Å². The number of ether oxygens (including phenoxy) is 3. The molecule has 0 unspecified atom stereocenters. The highest BCUT2D eigenvalue weighted by atomic mass is 16.6. The normalized spacial score (nSPS) is 32.5. The van der Waals surface area contributed by atoms with E-state index in [1.54, 1.807) is 6.08 Å². The second kappa shape index (κ2) is 7.28. The van der Waals surface area contributed by atoms with Gasteiger partial charge in [-0.25, -0.2) is 4.79 Å². The van der Waals surface area contributed by atoms with Crippen LogP contribution in [-0.2, 0) is 19.0 Å². The van der Waals surface area contributed by atoms with Crippen LogP contribution in [0.5, 0.6) is 0 Å². The predicted octanol–water partition coefficient (Wildman–Crippen LogP) is 3.36. The van der Waals surface area contributed by atoms with Crippen LogP contribution >= 0.6 is 0 Å². The van der Waals surface area contributed by atoms with Gasteiger partial charge in [-0.15, -0.1) is 13.2 Å². The summed E-state index contributed by atoms with van der Waals surface area (Å²) in [5, 5.41) is 0. The van der Waals surface area contributed by atoms with Crippen LogP contribution in [-0.4, -0.2) is 37.0 Å². The lowest BCUT2D eigenvalue weighted by Crippen LogP contribution is -2.28. The third-order valence-electron chi connectivity index (χ3n) is 4.49. The van der Waals surface area contributed by atoms with Gasteiger partial charge in [0.2, 0.25) is 0 Å². The summed E-state index contributed by atoms with van der Waals surface area (Å²) in [5.74, 6) is -0.347. The van der Waals surface area contributed by atoms with Crippen molar-refractivity contribution in [3.05, 3.63) is 49.6 Å². The maximum Gasteiger partial charge on any atom is 0.334 e. The number of rotatable bonds is 10. The van der Waals surface area contributed by atoms with Gasteiger partial charge in [0.15, 0.2) is 0 Å². The van der Waals surface area contributed by atoms with Gasteiger partial charge in [0.25, 0.3) is 0 Å². The smallest absolute Gasteiger partial charge is 0.334 e. The summed E-state index contributed by atoms with van der Waals surface area (Å²) in [6, 6.07) is 0. The number of cyclic esters (lactones) is 1. The second-order valence-electron chi connectivity index (χ2n) is 6.44. The summed E-state index contributed by atoms with van der Waals surface area (Å²) in [6.45, 7) is 18.3. The highest BCUT2D eigenvalue weighted by Crippen LogP contribution is 2.48. The molecular formula is C19H26O4. The lowest BCUT2D eigenvalue weighted by Gasteiger charge is -2.17. The molecule has 0 N–H and O–H groups in total. The first-order valence-electron chi connectivity index (χ1n) is 7.96. The lowest BCUT2D eigenvalue weighted by molar-refractivity contribution is -0.140. The molecule has 4 nitrogen and oxygen atoms in total. The van der Waals surface area contributed by atoms with Crippen LogP contribution in [0.15, 0.2) is 49.6 Å². The average Bonchev–Trinajstić information content (AvgIpc) is 3.08. The molecule has 23 heavy (non-hydrogen) atoms. The summed E-state index contributed by atoms with van der Waals surface area (Å²) < 4.78 is 16.7. The van der Waals surface area contributed by atoms with Gasteiger partial charge >= 0.3 is 5.97 Å². The lowest BCUT2D eigenvalue weighted by atomic mass is 9.86. The first kappa shape index (κ1) is 17.7. The van der Waals surface area contributed by atoms with Crippen LogP contribution in [0.4, 0.5) is 0 Å². The molecule has 2 rings (SSSR count). The van der Waals surface area contributed by atoms with Gasteiger partial charge in [0.05, 0.1) is 18.8 Å². The van der Waals surface area contributed by atoms with Gasteiger partial charge in [-0.05, 0) is 26.2 Å². The number of epoxide rings is 1. The van der Waals surface area contributed by atoms with E-state index in [4.69, 9.17) is 14.2 Å². The molecule has 4 heteroatoms. The zero-order valence-corrected chi connectivity index (χ0v) is 13.9. The van der Waals surface area contributed by atoms with Gasteiger partial charge in [-0.2, -0.15) is 0 Å². The first-order chi connectivity index (χ1) is 10.9. The molecule has 0 radical (unpaired) electrons. The maximum absolute atomic E-state index is 11.9. The third-order valence-corrected chi connectivity index (χ3v) is 4.49. The fourth-order valence-electron chi connectivity index (χ4n) is 3.08. The molecule has 0 aliphatic carbocycles. The molecule has 2 aliphatic rings. The van der Waals surface area contributed by atoms with E-state index in [9.17, 15) is 4.79 Å². The van der Waals surface area contributed by atoms with E-state index in [-0.39, 0.29) is 29.7 Å². The number of carbonyl (C=O) groups is 1. The largest absolute Gasteiger partial charge is 0.455 e. The minimum atomic E-state index is -0.315. The minimum Gasteiger partial charge on any atom is -0.455 e. The van der Waals surface area contributed by atoms with Gasteiger partial charge in [0.1, 0.15) is 12.2 Å². The maximum atomic E-state index is 11.9. The predicted molar refractivity (Wildman–Crippen MR) is 90.0 cm³/mol. The van der Waals surface area contributed by atoms with Crippen molar-refractivity contribution in [1.82, 2.24) is 0 Å². The van der Waals surface area contributed by atoms with Crippen molar-refractivity contribution >= 4 is 5.97 Å². The molecule has 0 aromatic rings. The minimum absolute atomic E-state index is 0.0321. The Kier molecular flexibility index (Phi) is 5.60. The Hall–Kier alpha value is -1.65. The number of carbonyl (C=O) groups excluding carboxylic acids is 1. The van der Waals surface area contributed by atoms with Crippen LogP contribution < -0.4 is 0 Å².